The van der Waals surface area contributed by atoms with Gasteiger partial charge in [0.15, 0.2) is 0 Å². The minimum absolute atomic E-state index is 0.143. The standard InChI is InChI=1S/C22H22ClFN4O5/c1-4-32-21(30)19-13(3)25-22(31)26-17(19)11-33-18(29)10-9-16-12(2)27-28(20(16)23)15-7-5-14(24)6-8-15/h5-10,13H,4,11H2,1-3H3,(H2,25,26,31). The van der Waals surface area contributed by atoms with Crippen molar-refractivity contribution in [3.8, 4) is 5.69 Å². The first-order valence-corrected chi connectivity index (χ1v) is 10.4. The van der Waals surface area contributed by atoms with Crippen molar-refractivity contribution in [3.63, 3.8) is 0 Å². The van der Waals surface area contributed by atoms with Crippen molar-refractivity contribution in [2.75, 3.05) is 13.2 Å². The Kier molecular flexibility index (Phi) is 7.49. The molecule has 1 aromatic heterocycles. The molecule has 0 saturated heterocycles. The number of benzene rings is 1. The van der Waals surface area contributed by atoms with Crippen molar-refractivity contribution in [1.82, 2.24) is 20.4 Å². The first kappa shape index (κ1) is 24.0. The molecule has 11 heteroatoms. The molecule has 0 radical (unpaired) electrons. The van der Waals surface area contributed by atoms with Gasteiger partial charge in [0.05, 0.1) is 35.3 Å². The third-order valence-corrected chi connectivity index (χ3v) is 5.09. The lowest BCUT2D eigenvalue weighted by molar-refractivity contribution is -0.140. The number of urea groups is 1. The van der Waals surface area contributed by atoms with Crippen LogP contribution in [0.3, 0.4) is 0 Å². The van der Waals surface area contributed by atoms with Crippen LogP contribution in [0.2, 0.25) is 5.15 Å². The Labute approximate surface area is 194 Å². The zero-order chi connectivity index (χ0) is 24.1. The average Bonchev–Trinajstić information content (AvgIpc) is 3.04. The van der Waals surface area contributed by atoms with Gasteiger partial charge in [0.1, 0.15) is 17.6 Å². The Balaban J connectivity index is 1.73. The van der Waals surface area contributed by atoms with Gasteiger partial charge in [-0.2, -0.15) is 5.10 Å². The first-order chi connectivity index (χ1) is 15.7. The summed E-state index contributed by atoms with van der Waals surface area (Å²) in [4.78, 5) is 36.3. The lowest BCUT2D eigenvalue weighted by atomic mass is 10.0. The summed E-state index contributed by atoms with van der Waals surface area (Å²) in [6, 6.07) is 4.50. The van der Waals surface area contributed by atoms with E-state index in [1.54, 1.807) is 20.8 Å². The van der Waals surface area contributed by atoms with Crippen molar-refractivity contribution in [3.05, 3.63) is 63.8 Å². The summed E-state index contributed by atoms with van der Waals surface area (Å²) < 4.78 is 24.8. The fourth-order valence-electron chi connectivity index (χ4n) is 3.19. The highest BCUT2D eigenvalue weighted by atomic mass is 35.5. The zero-order valence-corrected chi connectivity index (χ0v) is 18.9. The van der Waals surface area contributed by atoms with Crippen LogP contribution in [0, 0.1) is 12.7 Å². The lowest BCUT2D eigenvalue weighted by Crippen LogP contribution is -2.50. The first-order valence-electron chi connectivity index (χ1n) is 10.0. The summed E-state index contributed by atoms with van der Waals surface area (Å²) in [6.07, 6.45) is 2.60. The van der Waals surface area contributed by atoms with Gasteiger partial charge in [0.25, 0.3) is 0 Å². The van der Waals surface area contributed by atoms with Crippen molar-refractivity contribution in [2.45, 2.75) is 26.8 Å². The molecule has 2 N–H and O–H groups in total. The van der Waals surface area contributed by atoms with Gasteiger partial charge in [-0.25, -0.2) is 23.5 Å². The van der Waals surface area contributed by atoms with Gasteiger partial charge in [0.2, 0.25) is 0 Å². The monoisotopic (exact) mass is 476 g/mol. The quantitative estimate of drug-likeness (QED) is 0.469. The van der Waals surface area contributed by atoms with Crippen LogP contribution in [0.1, 0.15) is 25.1 Å². The zero-order valence-electron chi connectivity index (χ0n) is 18.1. The molecular formula is C22H22ClFN4O5. The van der Waals surface area contributed by atoms with E-state index in [9.17, 15) is 18.8 Å². The normalized spacial score (nSPS) is 15.9. The minimum Gasteiger partial charge on any atom is -0.463 e. The molecule has 0 saturated carbocycles. The number of hydrogen-bond donors (Lipinski definition) is 2. The van der Waals surface area contributed by atoms with Gasteiger partial charge in [0, 0.05) is 11.6 Å². The van der Waals surface area contributed by atoms with Crippen molar-refractivity contribution >= 4 is 35.6 Å². The van der Waals surface area contributed by atoms with E-state index in [2.05, 4.69) is 15.7 Å². The summed E-state index contributed by atoms with van der Waals surface area (Å²) in [7, 11) is 0. The maximum absolute atomic E-state index is 13.2. The molecule has 2 amide bonds. The third-order valence-electron chi connectivity index (χ3n) is 4.73. The fraction of sp³-hybridized carbons (Fsp3) is 0.273. The number of carbonyl (C=O) groups excluding carboxylic acids is 3. The Bertz CT molecular complexity index is 1140. The van der Waals surface area contributed by atoms with Crippen molar-refractivity contribution in [2.24, 2.45) is 0 Å². The lowest BCUT2D eigenvalue weighted by Gasteiger charge is -2.26. The molecule has 0 spiro atoms. The molecular weight excluding hydrogens is 455 g/mol. The molecule has 2 heterocycles. The molecule has 1 atom stereocenters. The van der Waals surface area contributed by atoms with Gasteiger partial charge >= 0.3 is 18.0 Å². The molecule has 3 rings (SSSR count). The van der Waals surface area contributed by atoms with Crippen LogP contribution in [0.25, 0.3) is 11.8 Å². The Hall–Kier alpha value is -3.66. The van der Waals surface area contributed by atoms with Crippen LogP contribution in [-0.4, -0.2) is 47.0 Å². The summed E-state index contributed by atoms with van der Waals surface area (Å²) >= 11 is 6.39. The molecule has 33 heavy (non-hydrogen) atoms. The van der Waals surface area contributed by atoms with E-state index in [0.29, 0.717) is 16.9 Å². The maximum atomic E-state index is 13.2. The van der Waals surface area contributed by atoms with E-state index >= 15 is 0 Å². The van der Waals surface area contributed by atoms with E-state index in [-0.39, 0.29) is 35.5 Å². The molecule has 1 aliphatic rings. The number of halogens is 2. The van der Waals surface area contributed by atoms with Crippen LogP contribution < -0.4 is 10.6 Å². The minimum atomic E-state index is -0.726. The average molecular weight is 477 g/mol. The van der Waals surface area contributed by atoms with Gasteiger partial charge < -0.3 is 20.1 Å². The summed E-state index contributed by atoms with van der Waals surface area (Å²) in [5.41, 5.74) is 1.90. The van der Waals surface area contributed by atoms with Crippen LogP contribution in [0.15, 0.2) is 41.6 Å². The van der Waals surface area contributed by atoms with Crippen LogP contribution in [0.5, 0.6) is 0 Å². The second-order valence-electron chi connectivity index (χ2n) is 7.05. The Morgan fingerprint density at radius 2 is 1.97 bits per heavy atom. The highest BCUT2D eigenvalue weighted by Crippen LogP contribution is 2.25. The predicted molar refractivity (Wildman–Crippen MR) is 118 cm³/mol. The van der Waals surface area contributed by atoms with E-state index in [4.69, 9.17) is 21.1 Å². The Morgan fingerprint density at radius 3 is 2.64 bits per heavy atom. The molecule has 2 aromatic rings. The number of hydrogen-bond acceptors (Lipinski definition) is 6. The number of esters is 2. The molecule has 1 unspecified atom stereocenters. The van der Waals surface area contributed by atoms with Crippen LogP contribution in [-0.2, 0) is 19.1 Å². The van der Waals surface area contributed by atoms with Gasteiger partial charge in [-0.15, -0.1) is 0 Å². The van der Waals surface area contributed by atoms with Crippen LogP contribution in [0.4, 0.5) is 9.18 Å². The van der Waals surface area contributed by atoms with Gasteiger partial charge in [-0.1, -0.05) is 11.6 Å². The molecule has 0 aliphatic carbocycles. The predicted octanol–water partition coefficient (Wildman–Crippen LogP) is 3.05. The topological polar surface area (TPSA) is 112 Å². The fourth-order valence-corrected chi connectivity index (χ4v) is 3.53. The second-order valence-corrected chi connectivity index (χ2v) is 7.41. The van der Waals surface area contributed by atoms with E-state index in [1.807, 2.05) is 0 Å². The number of aromatic nitrogens is 2. The SMILES string of the molecule is CCOC(=O)C1=C(COC(=O)C=Cc2c(C)nn(-c3ccc(F)cc3)c2Cl)NC(=O)NC1C. The summed E-state index contributed by atoms with van der Waals surface area (Å²) in [6.45, 7) is 4.81. The molecule has 9 nitrogen and oxygen atoms in total. The summed E-state index contributed by atoms with van der Waals surface area (Å²) in [5.74, 6) is -1.73. The number of rotatable bonds is 7. The number of nitrogens with one attached hydrogen (secondary N) is 2. The molecule has 0 fully saturated rings. The van der Waals surface area contributed by atoms with Crippen molar-refractivity contribution < 1.29 is 28.2 Å². The van der Waals surface area contributed by atoms with E-state index < -0.39 is 24.0 Å². The number of nitrogens with zero attached hydrogens (tertiary/aromatic N) is 2. The number of amides is 2. The smallest absolute Gasteiger partial charge is 0.338 e. The van der Waals surface area contributed by atoms with Gasteiger partial charge in [-0.3, -0.25) is 0 Å². The van der Waals surface area contributed by atoms with E-state index in [0.717, 1.165) is 6.08 Å². The summed E-state index contributed by atoms with van der Waals surface area (Å²) in [5, 5.41) is 9.58. The molecule has 174 valence electrons. The number of carbonyl (C=O) groups is 3. The molecule has 0 bridgehead atoms. The van der Waals surface area contributed by atoms with Gasteiger partial charge in [-0.05, 0) is 51.1 Å². The van der Waals surface area contributed by atoms with E-state index in [1.165, 1.54) is 35.0 Å². The van der Waals surface area contributed by atoms with Crippen molar-refractivity contribution in [1.29, 1.82) is 0 Å². The molecule has 1 aliphatic heterocycles. The number of aryl methyl sites for hydroxylation is 1. The Morgan fingerprint density at radius 1 is 1.27 bits per heavy atom. The maximum Gasteiger partial charge on any atom is 0.338 e. The highest BCUT2D eigenvalue weighted by Gasteiger charge is 2.30. The molecule has 1 aromatic carbocycles. The second kappa shape index (κ2) is 10.3. The largest absolute Gasteiger partial charge is 0.463 e. The third kappa shape index (κ3) is 5.58. The number of ether oxygens (including phenoxy) is 2. The highest BCUT2D eigenvalue weighted by molar-refractivity contribution is 6.31. The van der Waals surface area contributed by atoms with Crippen LogP contribution >= 0.6 is 11.6 Å².